The molecule has 1 aliphatic heterocycles. The Balaban J connectivity index is 1.56. The van der Waals surface area contributed by atoms with Crippen molar-refractivity contribution < 1.29 is 22.4 Å². The lowest BCUT2D eigenvalue weighted by molar-refractivity contribution is -0.142. The molecule has 0 spiro atoms. The van der Waals surface area contributed by atoms with Gasteiger partial charge in [-0.1, -0.05) is 0 Å². The number of carbonyl (C=O) groups is 1. The number of nitrogen functional groups attached to an aromatic ring is 1. The molecule has 174 valence electrons. The quantitative estimate of drug-likeness (QED) is 0.494. The molecular weight excluding hydrogens is 444 g/mol. The number of anilines is 1. The van der Waals surface area contributed by atoms with Crippen molar-refractivity contribution in [1.29, 1.82) is 0 Å². The van der Waals surface area contributed by atoms with E-state index in [4.69, 9.17) is 5.73 Å². The molecule has 1 saturated heterocycles. The van der Waals surface area contributed by atoms with Gasteiger partial charge in [0.25, 0.3) is 5.91 Å². The highest BCUT2D eigenvalue weighted by molar-refractivity contribution is 5.97. The van der Waals surface area contributed by atoms with Crippen LogP contribution in [-0.4, -0.2) is 62.1 Å². The first kappa shape index (κ1) is 22.6. The van der Waals surface area contributed by atoms with Gasteiger partial charge in [0.2, 0.25) is 0 Å². The molecular formula is C20H20F4N8O. The van der Waals surface area contributed by atoms with Gasteiger partial charge in [-0.15, -0.1) is 0 Å². The number of hydrogen-bond acceptors (Lipinski definition) is 7. The highest BCUT2D eigenvalue weighted by atomic mass is 19.4. The Morgan fingerprint density at radius 1 is 1.21 bits per heavy atom. The van der Waals surface area contributed by atoms with Crippen LogP contribution in [0, 0.1) is 0 Å². The van der Waals surface area contributed by atoms with Gasteiger partial charge in [0.05, 0.1) is 23.8 Å². The molecule has 2 atom stereocenters. The van der Waals surface area contributed by atoms with Gasteiger partial charge in [-0.3, -0.25) is 14.5 Å². The van der Waals surface area contributed by atoms with Gasteiger partial charge in [0.15, 0.2) is 11.5 Å². The maximum Gasteiger partial charge on any atom is 0.408 e. The Morgan fingerprint density at radius 3 is 2.79 bits per heavy atom. The predicted octanol–water partition coefficient (Wildman–Crippen LogP) is 1.98. The zero-order valence-electron chi connectivity index (χ0n) is 17.2. The molecule has 0 bridgehead atoms. The molecule has 0 radical (unpaired) electrons. The lowest BCUT2D eigenvalue weighted by Crippen LogP contribution is -2.49. The van der Waals surface area contributed by atoms with Crippen molar-refractivity contribution in [2.24, 2.45) is 0 Å². The highest BCUT2D eigenvalue weighted by Crippen LogP contribution is 2.25. The third-order valence-corrected chi connectivity index (χ3v) is 4.97. The van der Waals surface area contributed by atoms with Gasteiger partial charge in [0, 0.05) is 49.1 Å². The number of piperidine rings is 1. The molecule has 0 aromatic carbocycles. The number of nitrogens with zero attached hydrogens (tertiary/aromatic N) is 5. The van der Waals surface area contributed by atoms with Crippen molar-refractivity contribution in [3.63, 3.8) is 0 Å². The molecule has 1 aliphatic rings. The van der Waals surface area contributed by atoms with Crippen LogP contribution in [0.2, 0.25) is 0 Å². The predicted molar refractivity (Wildman–Crippen MR) is 111 cm³/mol. The minimum atomic E-state index is -4.39. The molecule has 3 aromatic heterocycles. The van der Waals surface area contributed by atoms with Gasteiger partial charge >= 0.3 is 6.18 Å². The van der Waals surface area contributed by atoms with Crippen molar-refractivity contribution in [2.45, 2.75) is 31.4 Å². The van der Waals surface area contributed by atoms with Crippen LogP contribution in [0.1, 0.15) is 16.9 Å². The Kier molecular flexibility index (Phi) is 6.22. The Labute approximate surface area is 185 Å². The Hall–Kier alpha value is -3.61. The molecule has 1 fully saturated rings. The van der Waals surface area contributed by atoms with E-state index in [2.05, 4.69) is 30.7 Å². The SMILES string of the molecule is Nc1ncc(-c2ccnc(-c3cnn(CC(F)(F)F)c3)c2)nc1C(=O)NC1CNCC(F)C1. The maximum absolute atomic E-state index is 13.6. The number of carbonyl (C=O) groups excluding carboxylic acids is 1. The number of nitrogens with one attached hydrogen (secondary N) is 2. The highest BCUT2D eigenvalue weighted by Gasteiger charge is 2.28. The largest absolute Gasteiger partial charge is 0.408 e. The van der Waals surface area contributed by atoms with Gasteiger partial charge in [0.1, 0.15) is 12.7 Å². The van der Waals surface area contributed by atoms with E-state index in [1.165, 1.54) is 24.8 Å². The summed E-state index contributed by atoms with van der Waals surface area (Å²) in [5.41, 5.74) is 7.31. The van der Waals surface area contributed by atoms with Crippen molar-refractivity contribution in [3.05, 3.63) is 42.6 Å². The molecule has 4 rings (SSSR count). The van der Waals surface area contributed by atoms with Crippen LogP contribution in [-0.2, 0) is 6.54 Å². The summed E-state index contributed by atoms with van der Waals surface area (Å²) in [5.74, 6) is -0.662. The van der Waals surface area contributed by atoms with E-state index in [0.29, 0.717) is 29.1 Å². The van der Waals surface area contributed by atoms with Gasteiger partial charge in [-0.25, -0.2) is 14.4 Å². The summed E-state index contributed by atoms with van der Waals surface area (Å²) in [6, 6.07) is 2.80. The molecule has 2 unspecified atom stereocenters. The number of amides is 1. The molecule has 0 saturated carbocycles. The fourth-order valence-electron chi connectivity index (χ4n) is 3.47. The average molecular weight is 464 g/mol. The summed E-state index contributed by atoms with van der Waals surface area (Å²) in [6.07, 6.45) is 0.0756. The lowest BCUT2D eigenvalue weighted by Gasteiger charge is -2.26. The van der Waals surface area contributed by atoms with Crippen molar-refractivity contribution in [1.82, 2.24) is 35.4 Å². The minimum absolute atomic E-state index is 0.0838. The van der Waals surface area contributed by atoms with Crippen molar-refractivity contribution >= 4 is 11.7 Å². The first-order valence-corrected chi connectivity index (χ1v) is 10.0. The number of hydrogen-bond donors (Lipinski definition) is 3. The van der Waals surface area contributed by atoms with Gasteiger partial charge < -0.3 is 16.4 Å². The fourth-order valence-corrected chi connectivity index (χ4v) is 3.47. The smallest absolute Gasteiger partial charge is 0.382 e. The third-order valence-electron chi connectivity index (χ3n) is 4.97. The van der Waals surface area contributed by atoms with E-state index in [-0.39, 0.29) is 24.5 Å². The normalized spacial score (nSPS) is 18.8. The van der Waals surface area contributed by atoms with Crippen LogP contribution in [0.3, 0.4) is 0 Å². The average Bonchev–Trinajstić information content (AvgIpc) is 3.21. The zero-order valence-corrected chi connectivity index (χ0v) is 17.2. The van der Waals surface area contributed by atoms with Gasteiger partial charge in [-0.2, -0.15) is 18.3 Å². The second-order valence-electron chi connectivity index (χ2n) is 7.62. The van der Waals surface area contributed by atoms with Crippen LogP contribution in [0.25, 0.3) is 22.5 Å². The summed E-state index contributed by atoms with van der Waals surface area (Å²) in [4.78, 5) is 25.2. The molecule has 0 aliphatic carbocycles. The molecule has 3 aromatic rings. The Bertz CT molecular complexity index is 1150. The van der Waals surface area contributed by atoms with E-state index in [1.54, 1.807) is 12.1 Å². The van der Waals surface area contributed by atoms with Crippen LogP contribution < -0.4 is 16.4 Å². The molecule has 9 nitrogen and oxygen atoms in total. The molecule has 1 amide bonds. The van der Waals surface area contributed by atoms with Crippen LogP contribution in [0.15, 0.2) is 36.9 Å². The maximum atomic E-state index is 13.6. The van der Waals surface area contributed by atoms with Crippen molar-refractivity contribution in [3.8, 4) is 22.5 Å². The van der Waals surface area contributed by atoms with E-state index < -0.39 is 30.8 Å². The summed E-state index contributed by atoms with van der Waals surface area (Å²) in [5, 5.41) is 9.32. The minimum Gasteiger partial charge on any atom is -0.382 e. The summed E-state index contributed by atoms with van der Waals surface area (Å²) in [7, 11) is 0. The standard InChI is InChI=1S/C20H20F4N8O/c21-13-4-14(7-26-6-13)30-19(33)17-18(25)28-8-16(31-17)11-1-2-27-15(3-11)12-5-29-32(9-12)10-20(22,23)24/h1-3,5,8-9,13-14,26H,4,6-7,10H2,(H2,25,28)(H,30,33). The second-order valence-corrected chi connectivity index (χ2v) is 7.62. The monoisotopic (exact) mass is 464 g/mol. The summed E-state index contributed by atoms with van der Waals surface area (Å²) >= 11 is 0. The number of aromatic nitrogens is 5. The van der Waals surface area contributed by atoms with Gasteiger partial charge in [-0.05, 0) is 12.1 Å². The number of nitrogens with two attached hydrogens (primary N) is 1. The topological polar surface area (TPSA) is 124 Å². The number of alkyl halides is 4. The molecule has 33 heavy (non-hydrogen) atoms. The molecule has 4 N–H and O–H groups in total. The summed E-state index contributed by atoms with van der Waals surface area (Å²) < 4.78 is 52.1. The van der Waals surface area contributed by atoms with Crippen molar-refractivity contribution in [2.75, 3.05) is 18.8 Å². The van der Waals surface area contributed by atoms with E-state index in [9.17, 15) is 22.4 Å². The fraction of sp³-hybridized carbons (Fsp3) is 0.350. The lowest BCUT2D eigenvalue weighted by atomic mass is 10.1. The number of rotatable bonds is 5. The summed E-state index contributed by atoms with van der Waals surface area (Å²) in [6.45, 7) is -0.549. The van der Waals surface area contributed by atoms with Crippen LogP contribution in [0.4, 0.5) is 23.4 Å². The number of halogens is 4. The first-order chi connectivity index (χ1) is 15.7. The van der Waals surface area contributed by atoms with E-state index >= 15 is 0 Å². The van der Waals surface area contributed by atoms with Crippen LogP contribution >= 0.6 is 0 Å². The molecule has 4 heterocycles. The number of pyridine rings is 1. The Morgan fingerprint density at radius 2 is 2.03 bits per heavy atom. The van der Waals surface area contributed by atoms with E-state index in [0.717, 1.165) is 4.68 Å². The van der Waals surface area contributed by atoms with Crippen LogP contribution in [0.5, 0.6) is 0 Å². The molecule has 13 heteroatoms. The zero-order chi connectivity index (χ0) is 23.6. The third kappa shape index (κ3) is 5.61. The van der Waals surface area contributed by atoms with E-state index in [1.807, 2.05) is 0 Å². The first-order valence-electron chi connectivity index (χ1n) is 10.0. The second kappa shape index (κ2) is 9.10.